The van der Waals surface area contributed by atoms with E-state index in [1.54, 1.807) is 36.4 Å². The Kier molecular flexibility index (Phi) is 6.06. The number of hydrogen-bond acceptors (Lipinski definition) is 5. The van der Waals surface area contributed by atoms with E-state index in [0.29, 0.717) is 26.7 Å². The third-order valence-corrected chi connectivity index (χ3v) is 7.49. The van der Waals surface area contributed by atoms with Gasteiger partial charge >= 0.3 is 0 Å². The van der Waals surface area contributed by atoms with Crippen LogP contribution in [0.1, 0.15) is 0 Å². The molecule has 5 nitrogen and oxygen atoms in total. The van der Waals surface area contributed by atoms with Crippen LogP contribution in [0, 0.1) is 0 Å². The SMILES string of the molecule is Cn1c(SCCS(=O)(=O)c2ccc(Br)cc2)nnc1-c1ccc(Cl)cc1. The molecule has 3 aromatic rings. The van der Waals surface area contributed by atoms with Gasteiger partial charge < -0.3 is 4.57 Å². The van der Waals surface area contributed by atoms with E-state index in [4.69, 9.17) is 11.6 Å². The van der Waals surface area contributed by atoms with Crippen LogP contribution in [0.4, 0.5) is 0 Å². The lowest BCUT2D eigenvalue weighted by molar-refractivity contribution is 0.597. The normalized spacial score (nSPS) is 11.7. The minimum Gasteiger partial charge on any atom is -0.305 e. The van der Waals surface area contributed by atoms with Gasteiger partial charge in [-0.2, -0.15) is 0 Å². The second-order valence-electron chi connectivity index (χ2n) is 5.49. The lowest BCUT2D eigenvalue weighted by atomic mass is 10.2. The van der Waals surface area contributed by atoms with E-state index >= 15 is 0 Å². The molecule has 0 fully saturated rings. The first-order valence-electron chi connectivity index (χ1n) is 7.63. The summed E-state index contributed by atoms with van der Waals surface area (Å²) in [6, 6.07) is 14.0. The summed E-state index contributed by atoms with van der Waals surface area (Å²) in [6.07, 6.45) is 0. The fourth-order valence-electron chi connectivity index (χ4n) is 2.29. The zero-order valence-electron chi connectivity index (χ0n) is 13.8. The molecule has 0 N–H and O–H groups in total. The molecule has 0 saturated carbocycles. The molecule has 136 valence electrons. The molecule has 0 aliphatic heterocycles. The van der Waals surface area contributed by atoms with Gasteiger partial charge in [0.05, 0.1) is 10.6 Å². The van der Waals surface area contributed by atoms with Crippen molar-refractivity contribution in [2.45, 2.75) is 10.1 Å². The zero-order chi connectivity index (χ0) is 18.7. The predicted octanol–water partition coefficient (Wildman–Crippen LogP) is 4.46. The van der Waals surface area contributed by atoms with Crippen molar-refractivity contribution in [3.05, 3.63) is 58.0 Å². The van der Waals surface area contributed by atoms with Crippen molar-refractivity contribution in [3.63, 3.8) is 0 Å². The molecule has 0 radical (unpaired) electrons. The van der Waals surface area contributed by atoms with E-state index in [-0.39, 0.29) is 5.75 Å². The molecule has 0 aliphatic carbocycles. The summed E-state index contributed by atoms with van der Waals surface area (Å²) >= 11 is 10.6. The third-order valence-electron chi connectivity index (χ3n) is 3.69. The number of hydrogen-bond donors (Lipinski definition) is 0. The average molecular weight is 473 g/mol. The Morgan fingerprint density at radius 1 is 1.08 bits per heavy atom. The molecule has 0 amide bonds. The molecular formula is C17H15BrClN3O2S2. The quantitative estimate of drug-likeness (QED) is 0.495. The number of rotatable bonds is 6. The molecule has 1 aromatic heterocycles. The van der Waals surface area contributed by atoms with Gasteiger partial charge in [0.1, 0.15) is 0 Å². The van der Waals surface area contributed by atoms with E-state index in [1.165, 1.54) is 11.8 Å². The minimum absolute atomic E-state index is 0.0302. The molecule has 9 heteroatoms. The van der Waals surface area contributed by atoms with Crippen molar-refractivity contribution in [2.75, 3.05) is 11.5 Å². The highest BCUT2D eigenvalue weighted by Crippen LogP contribution is 2.24. The fourth-order valence-corrected chi connectivity index (χ4v) is 5.24. The van der Waals surface area contributed by atoms with E-state index in [1.807, 2.05) is 23.7 Å². The lowest BCUT2D eigenvalue weighted by Gasteiger charge is -2.06. The van der Waals surface area contributed by atoms with Crippen LogP contribution < -0.4 is 0 Å². The van der Waals surface area contributed by atoms with Gasteiger partial charge in [0.25, 0.3) is 0 Å². The predicted molar refractivity (Wildman–Crippen MR) is 108 cm³/mol. The Morgan fingerprint density at radius 2 is 1.73 bits per heavy atom. The maximum Gasteiger partial charge on any atom is 0.191 e. The summed E-state index contributed by atoms with van der Waals surface area (Å²) in [5.74, 6) is 1.13. The Labute approximate surface area is 169 Å². The van der Waals surface area contributed by atoms with E-state index in [0.717, 1.165) is 10.0 Å². The van der Waals surface area contributed by atoms with Gasteiger partial charge in [-0.1, -0.05) is 39.3 Å². The molecule has 0 unspecified atom stereocenters. The van der Waals surface area contributed by atoms with Crippen LogP contribution >= 0.6 is 39.3 Å². The largest absolute Gasteiger partial charge is 0.305 e. The molecule has 0 spiro atoms. The number of thioether (sulfide) groups is 1. The monoisotopic (exact) mass is 471 g/mol. The maximum atomic E-state index is 12.4. The highest BCUT2D eigenvalue weighted by Gasteiger charge is 2.16. The standard InChI is InChI=1S/C17H15BrClN3O2S2/c1-22-16(12-2-6-14(19)7-3-12)20-21-17(22)25-10-11-26(23,24)15-8-4-13(18)5-9-15/h2-9H,10-11H2,1H3. The smallest absolute Gasteiger partial charge is 0.191 e. The van der Waals surface area contributed by atoms with Crippen LogP contribution in [0.25, 0.3) is 11.4 Å². The van der Waals surface area contributed by atoms with E-state index < -0.39 is 9.84 Å². The minimum atomic E-state index is -3.32. The number of sulfone groups is 1. The van der Waals surface area contributed by atoms with E-state index in [2.05, 4.69) is 26.1 Å². The summed E-state index contributed by atoms with van der Waals surface area (Å²) < 4.78 is 27.5. The van der Waals surface area contributed by atoms with Crippen LogP contribution in [0.2, 0.25) is 5.02 Å². The zero-order valence-corrected chi connectivity index (χ0v) is 17.7. The lowest BCUT2D eigenvalue weighted by Crippen LogP contribution is -2.09. The summed E-state index contributed by atoms with van der Waals surface area (Å²) in [6.45, 7) is 0. The topological polar surface area (TPSA) is 64.8 Å². The van der Waals surface area contributed by atoms with Crippen LogP contribution in [-0.2, 0) is 16.9 Å². The Balaban J connectivity index is 1.67. The highest BCUT2D eigenvalue weighted by molar-refractivity contribution is 9.10. The molecule has 1 heterocycles. The summed E-state index contributed by atoms with van der Waals surface area (Å²) in [5, 5.41) is 9.68. The third kappa shape index (κ3) is 4.49. The molecule has 0 aliphatic rings. The van der Waals surface area contributed by atoms with Crippen molar-refractivity contribution in [3.8, 4) is 11.4 Å². The Hall–Kier alpha value is -1.35. The molecule has 0 bridgehead atoms. The van der Waals surface area contributed by atoms with Crippen molar-refractivity contribution < 1.29 is 8.42 Å². The maximum absolute atomic E-state index is 12.4. The first kappa shape index (κ1) is 19.4. The van der Waals surface area contributed by atoms with Gasteiger partial charge in [0.2, 0.25) is 0 Å². The van der Waals surface area contributed by atoms with Crippen molar-refractivity contribution >= 4 is 49.1 Å². The number of benzene rings is 2. The average Bonchev–Trinajstić information content (AvgIpc) is 2.97. The second kappa shape index (κ2) is 8.12. The van der Waals surface area contributed by atoms with Gasteiger partial charge in [-0.15, -0.1) is 10.2 Å². The van der Waals surface area contributed by atoms with E-state index in [9.17, 15) is 8.42 Å². The molecule has 0 atom stereocenters. The summed E-state index contributed by atoms with van der Waals surface area (Å²) in [5.41, 5.74) is 0.902. The summed E-state index contributed by atoms with van der Waals surface area (Å²) in [4.78, 5) is 0.320. The molecule has 26 heavy (non-hydrogen) atoms. The van der Waals surface area contributed by atoms with Crippen molar-refractivity contribution in [2.24, 2.45) is 7.05 Å². The second-order valence-corrected chi connectivity index (χ2v) is 10.0. The molecule has 2 aromatic carbocycles. The van der Waals surface area contributed by atoms with Crippen LogP contribution in [0.3, 0.4) is 0 Å². The first-order valence-corrected chi connectivity index (χ1v) is 11.4. The van der Waals surface area contributed by atoms with Crippen LogP contribution in [-0.4, -0.2) is 34.7 Å². The summed E-state index contributed by atoms with van der Waals surface area (Å²) in [7, 11) is -1.47. The van der Waals surface area contributed by atoms with Crippen molar-refractivity contribution in [1.29, 1.82) is 0 Å². The Bertz CT molecular complexity index is 1000. The highest BCUT2D eigenvalue weighted by atomic mass is 79.9. The van der Waals surface area contributed by atoms with Crippen molar-refractivity contribution in [1.82, 2.24) is 14.8 Å². The number of nitrogens with zero attached hydrogens (tertiary/aromatic N) is 3. The van der Waals surface area contributed by atoms with Gasteiger partial charge in [-0.05, 0) is 48.5 Å². The van der Waals surface area contributed by atoms with Crippen LogP contribution in [0.15, 0.2) is 63.1 Å². The van der Waals surface area contributed by atoms with Gasteiger partial charge in [-0.3, -0.25) is 0 Å². The van der Waals surface area contributed by atoms with Gasteiger partial charge in [-0.25, -0.2) is 8.42 Å². The van der Waals surface area contributed by atoms with Gasteiger partial charge in [0.15, 0.2) is 20.8 Å². The number of aromatic nitrogens is 3. The molecular weight excluding hydrogens is 458 g/mol. The number of halogens is 2. The molecule has 0 saturated heterocycles. The van der Waals surface area contributed by atoms with Crippen LogP contribution in [0.5, 0.6) is 0 Å². The van der Waals surface area contributed by atoms with Gasteiger partial charge in [0, 0.05) is 27.9 Å². The fraction of sp³-hybridized carbons (Fsp3) is 0.176. The Morgan fingerprint density at radius 3 is 2.38 bits per heavy atom. The first-order chi connectivity index (χ1) is 12.4. The molecule has 3 rings (SSSR count).